The first kappa shape index (κ1) is 15.1. The van der Waals surface area contributed by atoms with Crippen LogP contribution in [0.2, 0.25) is 15.2 Å². The van der Waals surface area contributed by atoms with Crippen molar-refractivity contribution in [2.24, 2.45) is 0 Å². The molecule has 2 aromatic rings. The molecule has 1 aliphatic rings. The van der Waals surface area contributed by atoms with Gasteiger partial charge in [-0.2, -0.15) is 0 Å². The van der Waals surface area contributed by atoms with Crippen LogP contribution in [0.5, 0.6) is 0 Å². The Morgan fingerprint density at radius 1 is 1.05 bits per heavy atom. The van der Waals surface area contributed by atoms with E-state index in [1.165, 1.54) is 0 Å². The summed E-state index contributed by atoms with van der Waals surface area (Å²) in [4.78, 5) is 4.36. The van der Waals surface area contributed by atoms with Crippen LogP contribution in [0, 0.1) is 0 Å². The molecule has 1 aromatic carbocycles. The van der Waals surface area contributed by atoms with Gasteiger partial charge in [0.1, 0.15) is 11.3 Å². The molecule has 21 heavy (non-hydrogen) atoms. The average Bonchev–Trinajstić information content (AvgIpc) is 2.50. The Hall–Kier alpha value is -0.840. The Morgan fingerprint density at radius 2 is 1.90 bits per heavy atom. The van der Waals surface area contributed by atoms with Crippen molar-refractivity contribution in [3.63, 3.8) is 0 Å². The van der Waals surface area contributed by atoms with E-state index in [1.807, 2.05) is 18.2 Å². The van der Waals surface area contributed by atoms with Gasteiger partial charge in [0.15, 0.2) is 0 Å². The summed E-state index contributed by atoms with van der Waals surface area (Å²) in [5.41, 5.74) is 2.70. The predicted octanol–water partition coefficient (Wildman–Crippen LogP) is 4.37. The zero-order chi connectivity index (χ0) is 14.8. The van der Waals surface area contributed by atoms with Gasteiger partial charge in [0.25, 0.3) is 0 Å². The highest BCUT2D eigenvalue weighted by atomic mass is 35.5. The molecule has 0 saturated carbocycles. The lowest BCUT2D eigenvalue weighted by molar-refractivity contribution is 0.0251. The normalized spacial score (nSPS) is 18.7. The fourth-order valence-electron chi connectivity index (χ4n) is 2.28. The van der Waals surface area contributed by atoms with Crippen LogP contribution in [0.3, 0.4) is 0 Å². The van der Waals surface area contributed by atoms with E-state index >= 15 is 0 Å². The SMILES string of the molecule is Clc1cc(-c2ccc(Cl)c(Cl)c2)cc(C2CNCCO2)n1. The number of benzene rings is 1. The number of nitrogens with one attached hydrogen (secondary N) is 1. The van der Waals surface area contributed by atoms with Gasteiger partial charge in [0.2, 0.25) is 0 Å². The molecule has 1 aromatic heterocycles. The largest absolute Gasteiger partial charge is 0.369 e. The molecule has 1 fully saturated rings. The van der Waals surface area contributed by atoms with Crippen LogP contribution in [0.1, 0.15) is 11.8 Å². The van der Waals surface area contributed by atoms with E-state index in [-0.39, 0.29) is 6.10 Å². The molecule has 0 spiro atoms. The molecule has 1 saturated heterocycles. The Kier molecular flexibility index (Phi) is 4.67. The highest BCUT2D eigenvalue weighted by molar-refractivity contribution is 6.42. The summed E-state index contributed by atoms with van der Waals surface area (Å²) in [6.07, 6.45) is -0.0843. The van der Waals surface area contributed by atoms with Crippen LogP contribution in [-0.2, 0) is 4.74 Å². The molecular formula is C15H13Cl3N2O. The predicted molar refractivity (Wildman–Crippen MR) is 86.3 cm³/mol. The van der Waals surface area contributed by atoms with Crippen molar-refractivity contribution >= 4 is 34.8 Å². The lowest BCUT2D eigenvalue weighted by Crippen LogP contribution is -2.33. The molecule has 110 valence electrons. The number of nitrogens with zero attached hydrogens (tertiary/aromatic N) is 1. The first-order chi connectivity index (χ1) is 10.1. The molecule has 1 aliphatic heterocycles. The zero-order valence-corrected chi connectivity index (χ0v) is 13.3. The zero-order valence-electron chi connectivity index (χ0n) is 11.1. The van der Waals surface area contributed by atoms with Crippen molar-refractivity contribution < 1.29 is 4.74 Å². The fourth-order valence-corrected chi connectivity index (χ4v) is 2.79. The van der Waals surface area contributed by atoms with Crippen molar-refractivity contribution in [1.82, 2.24) is 10.3 Å². The topological polar surface area (TPSA) is 34.1 Å². The first-order valence-electron chi connectivity index (χ1n) is 6.59. The van der Waals surface area contributed by atoms with Gasteiger partial charge in [-0.05, 0) is 35.4 Å². The summed E-state index contributed by atoms with van der Waals surface area (Å²) in [5, 5.41) is 4.76. The van der Waals surface area contributed by atoms with Crippen LogP contribution >= 0.6 is 34.8 Å². The van der Waals surface area contributed by atoms with Gasteiger partial charge in [0.05, 0.1) is 22.3 Å². The number of hydrogen-bond donors (Lipinski definition) is 1. The molecule has 0 radical (unpaired) electrons. The summed E-state index contributed by atoms with van der Waals surface area (Å²) in [7, 11) is 0. The smallest absolute Gasteiger partial charge is 0.130 e. The minimum atomic E-state index is -0.0843. The van der Waals surface area contributed by atoms with E-state index in [0.717, 1.165) is 29.9 Å². The van der Waals surface area contributed by atoms with Gasteiger partial charge >= 0.3 is 0 Å². The van der Waals surface area contributed by atoms with Gasteiger partial charge in [-0.3, -0.25) is 0 Å². The van der Waals surface area contributed by atoms with Crippen LogP contribution < -0.4 is 5.32 Å². The molecule has 1 unspecified atom stereocenters. The number of ether oxygens (including phenoxy) is 1. The highest BCUT2D eigenvalue weighted by Gasteiger charge is 2.18. The Balaban J connectivity index is 1.98. The van der Waals surface area contributed by atoms with E-state index in [1.54, 1.807) is 12.1 Å². The maximum Gasteiger partial charge on any atom is 0.130 e. The molecule has 1 N–H and O–H groups in total. The number of halogens is 3. The van der Waals surface area contributed by atoms with Crippen molar-refractivity contribution in [2.75, 3.05) is 19.7 Å². The van der Waals surface area contributed by atoms with Crippen LogP contribution in [0.25, 0.3) is 11.1 Å². The van der Waals surface area contributed by atoms with Crippen LogP contribution in [0.4, 0.5) is 0 Å². The number of rotatable bonds is 2. The minimum absolute atomic E-state index is 0.0843. The first-order valence-corrected chi connectivity index (χ1v) is 7.72. The van der Waals surface area contributed by atoms with E-state index in [4.69, 9.17) is 39.5 Å². The van der Waals surface area contributed by atoms with E-state index in [2.05, 4.69) is 10.3 Å². The Morgan fingerprint density at radius 3 is 2.62 bits per heavy atom. The van der Waals surface area contributed by atoms with Crippen molar-refractivity contribution in [3.8, 4) is 11.1 Å². The third-order valence-corrected chi connectivity index (χ3v) is 4.26. The number of hydrogen-bond acceptors (Lipinski definition) is 3. The van der Waals surface area contributed by atoms with Gasteiger partial charge in [-0.25, -0.2) is 4.98 Å². The summed E-state index contributed by atoms with van der Waals surface area (Å²) in [6.45, 7) is 2.26. The molecule has 3 nitrogen and oxygen atoms in total. The van der Waals surface area contributed by atoms with Gasteiger partial charge in [0, 0.05) is 13.1 Å². The molecule has 2 heterocycles. The number of aromatic nitrogens is 1. The molecule has 0 bridgehead atoms. The Bertz CT molecular complexity index is 657. The highest BCUT2D eigenvalue weighted by Crippen LogP contribution is 2.31. The van der Waals surface area contributed by atoms with Crippen molar-refractivity contribution in [1.29, 1.82) is 0 Å². The lowest BCUT2D eigenvalue weighted by Gasteiger charge is -2.23. The van der Waals surface area contributed by atoms with E-state index in [0.29, 0.717) is 21.8 Å². The Labute approximate surface area is 138 Å². The van der Waals surface area contributed by atoms with Gasteiger partial charge in [-0.1, -0.05) is 40.9 Å². The van der Waals surface area contributed by atoms with Crippen molar-refractivity contribution in [3.05, 3.63) is 51.2 Å². The van der Waals surface area contributed by atoms with E-state index in [9.17, 15) is 0 Å². The van der Waals surface area contributed by atoms with Gasteiger partial charge in [-0.15, -0.1) is 0 Å². The standard InChI is InChI=1S/C15H13Cl3N2O/c16-11-2-1-9(5-12(11)17)10-6-13(20-15(18)7-10)14-8-19-3-4-21-14/h1-2,5-7,14,19H,3-4,8H2. The van der Waals surface area contributed by atoms with Gasteiger partial charge < -0.3 is 10.1 Å². The number of pyridine rings is 1. The van der Waals surface area contributed by atoms with Crippen LogP contribution in [-0.4, -0.2) is 24.7 Å². The third-order valence-electron chi connectivity index (χ3n) is 3.32. The number of morpholine rings is 1. The summed E-state index contributed by atoms with van der Waals surface area (Å²) >= 11 is 18.2. The monoisotopic (exact) mass is 342 g/mol. The molecular weight excluding hydrogens is 331 g/mol. The molecule has 0 aliphatic carbocycles. The fraction of sp³-hybridized carbons (Fsp3) is 0.267. The second-order valence-electron chi connectivity index (χ2n) is 4.80. The summed E-state index contributed by atoms with van der Waals surface area (Å²) in [5.74, 6) is 0. The van der Waals surface area contributed by atoms with E-state index < -0.39 is 0 Å². The third kappa shape index (κ3) is 3.50. The molecule has 0 amide bonds. The maximum absolute atomic E-state index is 6.14. The maximum atomic E-state index is 6.14. The van der Waals surface area contributed by atoms with Crippen LogP contribution in [0.15, 0.2) is 30.3 Å². The molecule has 3 rings (SSSR count). The molecule has 6 heteroatoms. The quantitative estimate of drug-likeness (QED) is 0.822. The lowest BCUT2D eigenvalue weighted by atomic mass is 10.0. The minimum Gasteiger partial charge on any atom is -0.369 e. The molecule has 1 atom stereocenters. The summed E-state index contributed by atoms with van der Waals surface area (Å²) < 4.78 is 5.72. The second kappa shape index (κ2) is 6.51. The summed E-state index contributed by atoms with van der Waals surface area (Å²) in [6, 6.07) is 9.28. The average molecular weight is 344 g/mol. The second-order valence-corrected chi connectivity index (χ2v) is 6.00. The van der Waals surface area contributed by atoms with Crippen molar-refractivity contribution in [2.45, 2.75) is 6.10 Å².